The highest BCUT2D eigenvalue weighted by molar-refractivity contribution is 4.97. The molecule has 0 heteroatoms. The number of unbranched alkanes of at least 4 members (excludes halogenated alkanes) is 2. The van der Waals surface area contributed by atoms with Crippen molar-refractivity contribution in [1.82, 2.24) is 0 Å². The molecule has 0 aromatic carbocycles. The molecule has 0 aromatic heterocycles. The van der Waals surface area contributed by atoms with E-state index in [1.165, 1.54) is 31.3 Å². The minimum atomic E-state index is 0.942. The van der Waals surface area contributed by atoms with Crippen LogP contribution in [0.5, 0.6) is 0 Å². The highest BCUT2D eigenvalue weighted by atomic mass is 13.9. The first-order valence-electron chi connectivity index (χ1n) is 4.26. The maximum Gasteiger partial charge on any atom is -0.0323 e. The fraction of sp³-hybridized carbons (Fsp3) is 0.700. The van der Waals surface area contributed by atoms with E-state index in [1.54, 1.807) is 0 Å². The third kappa shape index (κ3) is 5.87. The number of hydrogen-bond donors (Lipinski definition) is 0. The number of rotatable bonds is 5. The van der Waals surface area contributed by atoms with E-state index >= 15 is 0 Å². The van der Waals surface area contributed by atoms with Gasteiger partial charge in [-0.05, 0) is 33.1 Å². The minimum Gasteiger partial charge on any atom is -0.0856 e. The molecular formula is C10H19. The fourth-order valence-corrected chi connectivity index (χ4v) is 1.00. The molecule has 0 nitrogen and oxygen atoms in total. The van der Waals surface area contributed by atoms with Gasteiger partial charge < -0.3 is 0 Å². The summed E-state index contributed by atoms with van der Waals surface area (Å²) in [6.07, 6.45) is 8.45. The summed E-state index contributed by atoms with van der Waals surface area (Å²) < 4.78 is 0. The molecule has 0 saturated heterocycles. The Kier molecular flexibility index (Phi) is 6.68. The van der Waals surface area contributed by atoms with Crippen LogP contribution in [0, 0.1) is 6.92 Å². The predicted molar refractivity (Wildman–Crippen MR) is 47.9 cm³/mol. The van der Waals surface area contributed by atoms with Gasteiger partial charge in [0.05, 0.1) is 0 Å². The van der Waals surface area contributed by atoms with Crippen molar-refractivity contribution in [2.45, 2.75) is 46.0 Å². The molecule has 0 aliphatic rings. The maximum atomic E-state index is 3.78. The topological polar surface area (TPSA) is 0 Å². The van der Waals surface area contributed by atoms with Crippen molar-refractivity contribution >= 4 is 0 Å². The van der Waals surface area contributed by atoms with Crippen molar-refractivity contribution in [2.75, 3.05) is 0 Å². The molecule has 0 amide bonds. The Morgan fingerprint density at radius 1 is 1.40 bits per heavy atom. The monoisotopic (exact) mass is 139 g/mol. The normalized spacial score (nSPS) is 12.1. The van der Waals surface area contributed by atoms with E-state index < -0.39 is 0 Å². The summed E-state index contributed by atoms with van der Waals surface area (Å²) in [7, 11) is 0. The Balaban J connectivity index is 3.21. The second-order valence-corrected chi connectivity index (χ2v) is 2.80. The van der Waals surface area contributed by atoms with Gasteiger partial charge >= 0.3 is 0 Å². The second kappa shape index (κ2) is 6.85. The zero-order valence-electron chi connectivity index (χ0n) is 7.32. The standard InChI is InChI=1S/C10H19/c1-4-6-7-9-10(3)8-5-2/h8H,2,4-7,9H2,1,3H3. The molecule has 0 saturated carbocycles. The first-order valence-corrected chi connectivity index (χ1v) is 4.26. The van der Waals surface area contributed by atoms with E-state index in [0.29, 0.717) is 0 Å². The Morgan fingerprint density at radius 2 is 2.10 bits per heavy atom. The van der Waals surface area contributed by atoms with E-state index in [1.807, 2.05) is 0 Å². The molecule has 0 bridgehead atoms. The van der Waals surface area contributed by atoms with Crippen LogP contribution in [0.3, 0.4) is 0 Å². The largest absolute Gasteiger partial charge is 0.0856 e. The quantitative estimate of drug-likeness (QED) is 0.402. The summed E-state index contributed by atoms with van der Waals surface area (Å²) in [6.45, 7) is 8.21. The lowest BCUT2D eigenvalue weighted by Gasteiger charge is -1.98. The lowest BCUT2D eigenvalue weighted by molar-refractivity contribution is 0.712. The molecule has 59 valence electrons. The van der Waals surface area contributed by atoms with Gasteiger partial charge in [0.15, 0.2) is 0 Å². The van der Waals surface area contributed by atoms with E-state index in [-0.39, 0.29) is 0 Å². The third-order valence-electron chi connectivity index (χ3n) is 1.67. The molecule has 0 unspecified atom stereocenters. The average molecular weight is 139 g/mol. The lowest BCUT2D eigenvalue weighted by Crippen LogP contribution is -1.78. The fourth-order valence-electron chi connectivity index (χ4n) is 1.00. The molecule has 0 aliphatic carbocycles. The van der Waals surface area contributed by atoms with Gasteiger partial charge in [-0.15, -0.1) is 0 Å². The van der Waals surface area contributed by atoms with E-state index in [4.69, 9.17) is 0 Å². The number of hydrogen-bond acceptors (Lipinski definition) is 0. The molecule has 10 heavy (non-hydrogen) atoms. The van der Waals surface area contributed by atoms with Crippen molar-refractivity contribution in [2.24, 2.45) is 0 Å². The van der Waals surface area contributed by atoms with Crippen molar-refractivity contribution in [1.29, 1.82) is 0 Å². The average Bonchev–Trinajstić information content (AvgIpc) is 1.89. The van der Waals surface area contributed by atoms with Crippen LogP contribution in [0.1, 0.15) is 46.0 Å². The minimum absolute atomic E-state index is 0.942. The van der Waals surface area contributed by atoms with Crippen LogP contribution in [-0.4, -0.2) is 0 Å². The van der Waals surface area contributed by atoms with E-state index in [2.05, 4.69) is 26.8 Å². The van der Waals surface area contributed by atoms with Crippen molar-refractivity contribution in [3.05, 3.63) is 18.6 Å². The molecule has 0 aromatic rings. The highest BCUT2D eigenvalue weighted by Crippen LogP contribution is 2.07. The Morgan fingerprint density at radius 3 is 2.60 bits per heavy atom. The Hall–Kier alpha value is -0.260. The molecule has 0 rings (SSSR count). The first kappa shape index (κ1) is 9.74. The molecule has 0 atom stereocenters. The van der Waals surface area contributed by atoms with Gasteiger partial charge in [-0.1, -0.05) is 31.4 Å². The van der Waals surface area contributed by atoms with Gasteiger partial charge in [-0.2, -0.15) is 0 Å². The smallest absolute Gasteiger partial charge is 0.0323 e. The summed E-state index contributed by atoms with van der Waals surface area (Å²) in [5, 5.41) is 0. The molecular weight excluding hydrogens is 120 g/mol. The molecule has 0 aliphatic heterocycles. The van der Waals surface area contributed by atoms with Gasteiger partial charge in [-0.3, -0.25) is 0 Å². The van der Waals surface area contributed by atoms with Crippen LogP contribution in [0.4, 0.5) is 0 Å². The molecule has 0 spiro atoms. The first-order chi connectivity index (χ1) is 4.81. The molecule has 0 fully saturated rings. The zero-order chi connectivity index (χ0) is 7.82. The van der Waals surface area contributed by atoms with Crippen LogP contribution in [0.15, 0.2) is 11.6 Å². The third-order valence-corrected chi connectivity index (χ3v) is 1.67. The summed E-state index contributed by atoms with van der Waals surface area (Å²) >= 11 is 0. The molecule has 1 radical (unpaired) electrons. The SMILES string of the molecule is [CH2]CC=C(C)CCCCC. The van der Waals surface area contributed by atoms with Crippen molar-refractivity contribution < 1.29 is 0 Å². The zero-order valence-corrected chi connectivity index (χ0v) is 7.32. The lowest BCUT2D eigenvalue weighted by atomic mass is 10.1. The van der Waals surface area contributed by atoms with Crippen LogP contribution in [0.2, 0.25) is 0 Å². The number of allylic oxidation sites excluding steroid dienone is 2. The van der Waals surface area contributed by atoms with Gasteiger partial charge in [0.25, 0.3) is 0 Å². The van der Waals surface area contributed by atoms with Gasteiger partial charge in [0, 0.05) is 0 Å². The van der Waals surface area contributed by atoms with Crippen LogP contribution < -0.4 is 0 Å². The summed E-state index contributed by atoms with van der Waals surface area (Å²) in [6, 6.07) is 0. The summed E-state index contributed by atoms with van der Waals surface area (Å²) in [5.74, 6) is 0. The van der Waals surface area contributed by atoms with Gasteiger partial charge in [0.2, 0.25) is 0 Å². The van der Waals surface area contributed by atoms with E-state index in [0.717, 1.165) is 6.42 Å². The van der Waals surface area contributed by atoms with Crippen molar-refractivity contribution in [3.8, 4) is 0 Å². The summed E-state index contributed by atoms with van der Waals surface area (Å²) in [5.41, 5.74) is 1.50. The summed E-state index contributed by atoms with van der Waals surface area (Å²) in [4.78, 5) is 0. The molecule has 0 N–H and O–H groups in total. The van der Waals surface area contributed by atoms with Gasteiger partial charge in [-0.25, -0.2) is 0 Å². The highest BCUT2D eigenvalue weighted by Gasteiger charge is 1.87. The molecule has 0 heterocycles. The van der Waals surface area contributed by atoms with Gasteiger partial charge in [0.1, 0.15) is 0 Å². The second-order valence-electron chi connectivity index (χ2n) is 2.80. The van der Waals surface area contributed by atoms with E-state index in [9.17, 15) is 0 Å². The van der Waals surface area contributed by atoms with Crippen molar-refractivity contribution in [3.63, 3.8) is 0 Å². The predicted octanol–water partition coefficient (Wildman–Crippen LogP) is 3.74. The van der Waals surface area contributed by atoms with Crippen LogP contribution in [0.25, 0.3) is 0 Å². The van der Waals surface area contributed by atoms with Crippen LogP contribution >= 0.6 is 0 Å². The maximum absolute atomic E-state index is 3.78. The Bertz CT molecular complexity index is 90.2. The Labute approximate surface area is 65.3 Å². The van der Waals surface area contributed by atoms with Crippen LogP contribution in [-0.2, 0) is 0 Å².